The third kappa shape index (κ3) is 4.29. The van der Waals surface area contributed by atoms with Gasteiger partial charge in [-0.05, 0) is 68.1 Å². The SMILES string of the molecule is Cc1cc(C)c2c(c1)OC1(CCN(C(=O)COc3cc(C)c(Cl)c(C)c3)CC1)CC2=O. The number of amides is 1. The lowest BCUT2D eigenvalue weighted by atomic mass is 9.81. The molecule has 0 radical (unpaired) electrons. The van der Waals surface area contributed by atoms with Crippen molar-refractivity contribution in [3.05, 3.63) is 57.1 Å². The number of benzene rings is 2. The Kier molecular flexibility index (Phi) is 5.73. The Bertz CT molecular complexity index is 1030. The van der Waals surface area contributed by atoms with Crippen molar-refractivity contribution in [1.29, 1.82) is 0 Å². The summed E-state index contributed by atoms with van der Waals surface area (Å²) >= 11 is 6.20. The Labute approximate surface area is 188 Å². The molecule has 5 nitrogen and oxygen atoms in total. The van der Waals surface area contributed by atoms with Crippen molar-refractivity contribution in [2.45, 2.75) is 52.6 Å². The number of rotatable bonds is 3. The predicted molar refractivity (Wildman–Crippen MR) is 120 cm³/mol. The van der Waals surface area contributed by atoms with E-state index in [2.05, 4.69) is 0 Å². The van der Waals surface area contributed by atoms with E-state index in [9.17, 15) is 9.59 Å². The molecule has 2 heterocycles. The molecule has 1 fully saturated rings. The first-order chi connectivity index (χ1) is 14.7. The summed E-state index contributed by atoms with van der Waals surface area (Å²) in [7, 11) is 0. The number of likely N-dealkylation sites (tertiary alicyclic amines) is 1. The Morgan fingerprint density at radius 3 is 2.35 bits per heavy atom. The van der Waals surface area contributed by atoms with Crippen LogP contribution in [0.2, 0.25) is 5.02 Å². The highest BCUT2D eigenvalue weighted by atomic mass is 35.5. The van der Waals surface area contributed by atoms with Gasteiger partial charge in [-0.15, -0.1) is 0 Å². The van der Waals surface area contributed by atoms with E-state index in [0.717, 1.165) is 22.3 Å². The summed E-state index contributed by atoms with van der Waals surface area (Å²) in [6.07, 6.45) is 1.64. The Balaban J connectivity index is 1.38. The monoisotopic (exact) mass is 441 g/mol. The zero-order valence-electron chi connectivity index (χ0n) is 18.5. The standard InChI is InChI=1S/C25H28ClNO4/c1-15-9-16(2)23-20(28)13-25(31-21(23)10-15)5-7-27(8-6-25)22(29)14-30-19-11-17(3)24(26)18(4)12-19/h9-12H,5-8,13-14H2,1-4H3. The van der Waals surface area contributed by atoms with Crippen LogP contribution in [0.25, 0.3) is 0 Å². The first-order valence-corrected chi connectivity index (χ1v) is 11.1. The molecule has 164 valence electrons. The Morgan fingerprint density at radius 1 is 1.06 bits per heavy atom. The summed E-state index contributed by atoms with van der Waals surface area (Å²) in [5.74, 6) is 1.40. The van der Waals surface area contributed by atoms with Crippen molar-refractivity contribution >= 4 is 23.3 Å². The van der Waals surface area contributed by atoms with Crippen molar-refractivity contribution < 1.29 is 19.1 Å². The zero-order chi connectivity index (χ0) is 22.3. The molecule has 2 aliphatic rings. The molecule has 0 bridgehead atoms. The molecule has 0 atom stereocenters. The van der Waals surface area contributed by atoms with Crippen LogP contribution in [0.15, 0.2) is 24.3 Å². The third-order valence-electron chi connectivity index (χ3n) is 6.33. The lowest BCUT2D eigenvalue weighted by molar-refractivity contribution is -0.136. The molecule has 1 spiro atoms. The van der Waals surface area contributed by atoms with Crippen molar-refractivity contribution in [3.8, 4) is 11.5 Å². The molecule has 2 aromatic carbocycles. The minimum atomic E-state index is -0.521. The summed E-state index contributed by atoms with van der Waals surface area (Å²) in [6, 6.07) is 7.65. The van der Waals surface area contributed by atoms with Crippen molar-refractivity contribution in [2.75, 3.05) is 19.7 Å². The molecule has 6 heteroatoms. The van der Waals surface area contributed by atoms with Crippen molar-refractivity contribution in [3.63, 3.8) is 0 Å². The number of fused-ring (bicyclic) bond motifs is 1. The topological polar surface area (TPSA) is 55.8 Å². The van der Waals surface area contributed by atoms with Gasteiger partial charge in [-0.1, -0.05) is 17.7 Å². The van der Waals surface area contributed by atoms with Gasteiger partial charge in [0.25, 0.3) is 5.91 Å². The molecular formula is C25H28ClNO4. The van der Waals surface area contributed by atoms with E-state index in [1.165, 1.54) is 0 Å². The lowest BCUT2D eigenvalue weighted by Gasteiger charge is -2.44. The number of halogens is 1. The number of Topliss-reactive ketones (excluding diaryl/α,β-unsaturated/α-hetero) is 1. The first kappa shape index (κ1) is 21.7. The van der Waals surface area contributed by atoms with Gasteiger partial charge in [0, 0.05) is 31.0 Å². The van der Waals surface area contributed by atoms with Gasteiger partial charge < -0.3 is 14.4 Å². The summed E-state index contributed by atoms with van der Waals surface area (Å²) in [6.45, 7) is 8.88. The number of piperidine rings is 1. The molecule has 1 saturated heterocycles. The largest absolute Gasteiger partial charge is 0.486 e. The molecule has 31 heavy (non-hydrogen) atoms. The molecule has 1 amide bonds. The van der Waals surface area contributed by atoms with Gasteiger partial charge in [-0.2, -0.15) is 0 Å². The van der Waals surface area contributed by atoms with Crippen LogP contribution in [0, 0.1) is 27.7 Å². The van der Waals surface area contributed by atoms with E-state index in [1.807, 2.05) is 52.0 Å². The second-order valence-corrected chi connectivity index (χ2v) is 9.26. The van der Waals surface area contributed by atoms with Gasteiger partial charge in [0.05, 0.1) is 12.0 Å². The van der Waals surface area contributed by atoms with Gasteiger partial charge in [0.1, 0.15) is 17.1 Å². The van der Waals surface area contributed by atoms with E-state index >= 15 is 0 Å². The number of ether oxygens (including phenoxy) is 2. The third-order valence-corrected chi connectivity index (χ3v) is 6.93. The summed E-state index contributed by atoms with van der Waals surface area (Å²) < 4.78 is 12.1. The molecule has 0 unspecified atom stereocenters. The van der Waals surface area contributed by atoms with E-state index in [4.69, 9.17) is 21.1 Å². The van der Waals surface area contributed by atoms with Crippen LogP contribution in [0.3, 0.4) is 0 Å². The summed E-state index contributed by atoms with van der Waals surface area (Å²) in [5, 5.41) is 0.717. The summed E-state index contributed by atoms with van der Waals surface area (Å²) in [5.41, 5.74) is 4.08. The minimum Gasteiger partial charge on any atom is -0.486 e. The van der Waals surface area contributed by atoms with Crippen molar-refractivity contribution in [1.82, 2.24) is 4.90 Å². The lowest BCUT2D eigenvalue weighted by Crippen LogP contribution is -2.53. The van der Waals surface area contributed by atoms with Crippen LogP contribution in [0.5, 0.6) is 11.5 Å². The first-order valence-electron chi connectivity index (χ1n) is 10.7. The average Bonchev–Trinajstić information content (AvgIpc) is 2.69. The molecule has 0 saturated carbocycles. The van der Waals surface area contributed by atoms with E-state index < -0.39 is 5.60 Å². The number of hydrogen-bond acceptors (Lipinski definition) is 4. The second-order valence-electron chi connectivity index (χ2n) is 8.88. The maximum absolute atomic E-state index is 12.9. The molecule has 2 aliphatic heterocycles. The minimum absolute atomic E-state index is 0.0193. The van der Waals surface area contributed by atoms with Crippen LogP contribution >= 0.6 is 11.6 Å². The number of hydrogen-bond donors (Lipinski definition) is 0. The van der Waals surface area contributed by atoms with Crippen LogP contribution in [-0.2, 0) is 4.79 Å². The number of ketones is 1. The number of nitrogens with zero attached hydrogens (tertiary/aromatic N) is 1. The molecule has 0 aliphatic carbocycles. The van der Waals surface area contributed by atoms with Gasteiger partial charge >= 0.3 is 0 Å². The van der Waals surface area contributed by atoms with Crippen LogP contribution in [0.1, 0.15) is 51.9 Å². The molecule has 2 aromatic rings. The highest BCUT2D eigenvalue weighted by Crippen LogP contribution is 2.41. The average molecular weight is 442 g/mol. The smallest absolute Gasteiger partial charge is 0.260 e. The normalized spacial score (nSPS) is 17.3. The highest BCUT2D eigenvalue weighted by molar-refractivity contribution is 6.32. The van der Waals surface area contributed by atoms with E-state index in [-0.39, 0.29) is 18.3 Å². The fourth-order valence-electron chi connectivity index (χ4n) is 4.69. The highest BCUT2D eigenvalue weighted by Gasteiger charge is 2.44. The second kappa shape index (κ2) is 8.19. The fourth-order valence-corrected chi connectivity index (χ4v) is 4.79. The zero-order valence-corrected chi connectivity index (χ0v) is 19.3. The van der Waals surface area contributed by atoms with Gasteiger partial charge in [-0.25, -0.2) is 0 Å². The predicted octanol–water partition coefficient (Wildman–Crippen LogP) is 4.98. The number of aryl methyl sites for hydroxylation is 4. The van der Waals surface area contributed by atoms with E-state index in [0.29, 0.717) is 54.4 Å². The number of carbonyl (C=O) groups excluding carboxylic acids is 2. The van der Waals surface area contributed by atoms with Gasteiger partial charge in [-0.3, -0.25) is 9.59 Å². The van der Waals surface area contributed by atoms with Gasteiger partial charge in [0.2, 0.25) is 0 Å². The number of carbonyl (C=O) groups is 2. The van der Waals surface area contributed by atoms with Crippen LogP contribution in [0.4, 0.5) is 0 Å². The summed E-state index contributed by atoms with van der Waals surface area (Å²) in [4.78, 5) is 27.4. The van der Waals surface area contributed by atoms with E-state index in [1.54, 1.807) is 4.90 Å². The maximum Gasteiger partial charge on any atom is 0.260 e. The molecule has 4 rings (SSSR count). The van der Waals surface area contributed by atoms with Gasteiger partial charge in [0.15, 0.2) is 12.4 Å². The van der Waals surface area contributed by atoms with Crippen LogP contribution < -0.4 is 9.47 Å². The molecule has 0 N–H and O–H groups in total. The molecule has 0 aromatic heterocycles. The Hall–Kier alpha value is -2.53. The van der Waals surface area contributed by atoms with Crippen LogP contribution in [-0.4, -0.2) is 41.9 Å². The fraction of sp³-hybridized carbons (Fsp3) is 0.440. The quantitative estimate of drug-likeness (QED) is 0.674. The molecular weight excluding hydrogens is 414 g/mol. The Morgan fingerprint density at radius 2 is 1.71 bits per heavy atom. The maximum atomic E-state index is 12.9. The van der Waals surface area contributed by atoms with Crippen molar-refractivity contribution in [2.24, 2.45) is 0 Å².